The first-order chi connectivity index (χ1) is 17.6. The van der Waals surface area contributed by atoms with E-state index >= 15 is 0 Å². The van der Waals surface area contributed by atoms with E-state index in [1.165, 1.54) is 0 Å². The van der Waals surface area contributed by atoms with Crippen molar-refractivity contribution in [2.24, 2.45) is 0 Å². The monoisotopic (exact) mass is 484 g/mol. The van der Waals surface area contributed by atoms with Gasteiger partial charge in [0.05, 0.1) is 23.9 Å². The zero-order valence-electron chi connectivity index (χ0n) is 20.4. The van der Waals surface area contributed by atoms with E-state index in [1.807, 2.05) is 36.4 Å². The molecular formula is C27H28N6O3. The molecule has 0 spiro atoms. The molecule has 3 heterocycles. The number of carbonyl (C=O) groups excluding carboxylic acids is 1. The number of methoxy groups -OCH3 is 1. The summed E-state index contributed by atoms with van der Waals surface area (Å²) in [5, 5.41) is 3.30. The van der Waals surface area contributed by atoms with E-state index < -0.39 is 0 Å². The molecule has 1 saturated heterocycles. The number of benzene rings is 2. The van der Waals surface area contributed by atoms with Gasteiger partial charge in [-0.1, -0.05) is 12.1 Å². The maximum absolute atomic E-state index is 12.5. The summed E-state index contributed by atoms with van der Waals surface area (Å²) < 4.78 is 11.9. The van der Waals surface area contributed by atoms with Gasteiger partial charge < -0.3 is 29.6 Å². The Hall–Kier alpha value is -4.11. The maximum atomic E-state index is 12.5. The highest BCUT2D eigenvalue weighted by Gasteiger charge is 2.25. The van der Waals surface area contributed by atoms with Crippen LogP contribution < -0.4 is 19.7 Å². The summed E-state index contributed by atoms with van der Waals surface area (Å²) in [5.41, 5.74) is 4.91. The van der Waals surface area contributed by atoms with Crippen molar-refractivity contribution in [3.05, 3.63) is 59.8 Å². The quantitative estimate of drug-likeness (QED) is 0.416. The molecule has 6 rings (SSSR count). The largest absolute Gasteiger partial charge is 0.494 e. The number of carbonyl (C=O) groups is 1. The summed E-state index contributed by atoms with van der Waals surface area (Å²) in [6.07, 6.45) is 3.04. The highest BCUT2D eigenvalue weighted by atomic mass is 16.5. The second-order valence-electron chi connectivity index (χ2n) is 9.21. The van der Waals surface area contributed by atoms with Gasteiger partial charge in [-0.3, -0.25) is 4.79 Å². The molecule has 0 saturated carbocycles. The van der Waals surface area contributed by atoms with Crippen LogP contribution in [0.3, 0.4) is 0 Å². The Morgan fingerprint density at radius 1 is 1.00 bits per heavy atom. The summed E-state index contributed by atoms with van der Waals surface area (Å²) in [6, 6.07) is 13.7. The summed E-state index contributed by atoms with van der Waals surface area (Å²) in [7, 11) is 3.80. The average molecular weight is 485 g/mol. The molecule has 1 aliphatic carbocycles. The number of rotatable bonds is 6. The zero-order valence-corrected chi connectivity index (χ0v) is 20.4. The van der Waals surface area contributed by atoms with Crippen LogP contribution >= 0.6 is 0 Å². The Morgan fingerprint density at radius 3 is 2.69 bits per heavy atom. The molecule has 36 heavy (non-hydrogen) atoms. The molecule has 0 bridgehead atoms. The fraction of sp³-hybridized carbons (Fsp3) is 0.296. The van der Waals surface area contributed by atoms with E-state index in [0.717, 1.165) is 49.5 Å². The number of aryl methyl sites for hydroxylation is 1. The predicted molar refractivity (Wildman–Crippen MR) is 139 cm³/mol. The van der Waals surface area contributed by atoms with Gasteiger partial charge in [0.2, 0.25) is 11.8 Å². The van der Waals surface area contributed by atoms with Crippen LogP contribution in [0.5, 0.6) is 17.4 Å². The first-order valence-corrected chi connectivity index (χ1v) is 12.2. The Labute approximate surface area is 209 Å². The zero-order chi connectivity index (χ0) is 24.6. The number of hydrogen-bond donors (Lipinski definition) is 2. The topological polar surface area (TPSA) is 95.6 Å². The fourth-order valence-corrected chi connectivity index (χ4v) is 4.88. The molecule has 0 amide bonds. The van der Waals surface area contributed by atoms with Gasteiger partial charge in [0, 0.05) is 50.6 Å². The minimum atomic E-state index is 0.0981. The van der Waals surface area contributed by atoms with E-state index in [4.69, 9.17) is 9.47 Å². The lowest BCUT2D eigenvalue weighted by Gasteiger charge is -2.34. The highest BCUT2D eigenvalue weighted by Crippen LogP contribution is 2.36. The van der Waals surface area contributed by atoms with E-state index in [1.54, 1.807) is 13.3 Å². The second-order valence-corrected chi connectivity index (χ2v) is 9.21. The lowest BCUT2D eigenvalue weighted by molar-refractivity contribution is 0.0992. The van der Waals surface area contributed by atoms with Crippen molar-refractivity contribution in [1.82, 2.24) is 19.9 Å². The van der Waals surface area contributed by atoms with Crippen LogP contribution in [0.4, 0.5) is 17.3 Å². The van der Waals surface area contributed by atoms with Crippen molar-refractivity contribution >= 4 is 34.1 Å². The van der Waals surface area contributed by atoms with Crippen LogP contribution in [0.2, 0.25) is 0 Å². The molecule has 0 unspecified atom stereocenters. The Morgan fingerprint density at radius 2 is 1.86 bits per heavy atom. The van der Waals surface area contributed by atoms with E-state index in [9.17, 15) is 4.79 Å². The first-order valence-electron chi connectivity index (χ1n) is 12.2. The van der Waals surface area contributed by atoms with Crippen molar-refractivity contribution in [2.45, 2.75) is 12.8 Å². The first kappa shape index (κ1) is 22.4. The molecule has 1 fully saturated rings. The molecule has 0 atom stereocenters. The van der Waals surface area contributed by atoms with Crippen LogP contribution in [0, 0.1) is 0 Å². The second kappa shape index (κ2) is 9.16. The summed E-state index contributed by atoms with van der Waals surface area (Å²) in [6.45, 7) is 4.02. The van der Waals surface area contributed by atoms with Gasteiger partial charge in [-0.25, -0.2) is 4.98 Å². The lowest BCUT2D eigenvalue weighted by atomic mass is 10.1. The number of hydrogen-bond acceptors (Lipinski definition) is 8. The number of aromatic amines is 1. The van der Waals surface area contributed by atoms with Gasteiger partial charge in [-0.15, -0.1) is 0 Å². The Balaban J connectivity index is 1.31. The highest BCUT2D eigenvalue weighted by molar-refractivity contribution is 6.03. The molecule has 2 aromatic carbocycles. The van der Waals surface area contributed by atoms with Crippen LogP contribution in [0.15, 0.2) is 48.7 Å². The van der Waals surface area contributed by atoms with Crippen molar-refractivity contribution in [2.75, 3.05) is 50.6 Å². The minimum Gasteiger partial charge on any atom is -0.494 e. The molecule has 2 N–H and O–H groups in total. The number of nitrogens with one attached hydrogen (secondary N) is 2. The molecule has 4 aromatic rings. The van der Waals surface area contributed by atoms with Gasteiger partial charge >= 0.3 is 0 Å². The van der Waals surface area contributed by atoms with Gasteiger partial charge in [-0.05, 0) is 43.3 Å². The standard InChI is InChI=1S/C27H28N6O3/c1-32-12-14-33(15-13-32)18-7-8-19(23(16-18)35-2)29-27-30-20-10-11-28-25(20)26(31-27)36-22-5-3-4-17-6-9-21(34)24(17)22/h3-5,7-8,10-11,16,28H,6,9,12-15H2,1-2H3,(H,29,30,31). The molecule has 184 valence electrons. The van der Waals surface area contributed by atoms with Gasteiger partial charge in [0.25, 0.3) is 0 Å². The Kier molecular flexibility index (Phi) is 5.69. The summed E-state index contributed by atoms with van der Waals surface area (Å²) in [4.78, 5) is 29.6. The van der Waals surface area contributed by atoms with E-state index in [2.05, 4.69) is 43.2 Å². The maximum Gasteiger partial charge on any atom is 0.248 e. The number of fused-ring (bicyclic) bond motifs is 2. The predicted octanol–water partition coefficient (Wildman–Crippen LogP) is 4.38. The number of anilines is 3. The lowest BCUT2D eigenvalue weighted by Crippen LogP contribution is -2.44. The van der Waals surface area contributed by atoms with E-state index in [-0.39, 0.29) is 5.78 Å². The molecule has 9 heteroatoms. The molecule has 1 aliphatic heterocycles. The molecule has 2 aromatic heterocycles. The number of piperazine rings is 1. The van der Waals surface area contributed by atoms with Gasteiger partial charge in [-0.2, -0.15) is 4.98 Å². The van der Waals surface area contributed by atoms with Crippen molar-refractivity contribution in [3.63, 3.8) is 0 Å². The summed E-state index contributed by atoms with van der Waals surface area (Å²) in [5.74, 6) is 2.05. The number of ketones is 1. The summed E-state index contributed by atoms with van der Waals surface area (Å²) >= 11 is 0. The van der Waals surface area contributed by atoms with Gasteiger partial charge in [0.1, 0.15) is 17.0 Å². The third-order valence-electron chi connectivity index (χ3n) is 6.89. The van der Waals surface area contributed by atoms with Crippen molar-refractivity contribution in [3.8, 4) is 17.4 Å². The molecular weight excluding hydrogens is 456 g/mol. The minimum absolute atomic E-state index is 0.0981. The molecule has 0 radical (unpaired) electrons. The Bertz CT molecular complexity index is 1440. The van der Waals surface area contributed by atoms with Crippen LogP contribution in [-0.2, 0) is 6.42 Å². The van der Waals surface area contributed by atoms with Gasteiger partial charge in [0.15, 0.2) is 5.78 Å². The number of ether oxygens (including phenoxy) is 2. The van der Waals surface area contributed by atoms with Crippen molar-refractivity contribution in [1.29, 1.82) is 0 Å². The smallest absolute Gasteiger partial charge is 0.248 e. The number of aromatic nitrogens is 3. The molecule has 9 nitrogen and oxygen atoms in total. The van der Waals surface area contributed by atoms with Crippen molar-refractivity contribution < 1.29 is 14.3 Å². The average Bonchev–Trinajstić information content (AvgIpc) is 3.52. The SMILES string of the molecule is COc1cc(N2CCN(C)CC2)ccc1Nc1nc(Oc2cccc3c2C(=O)CC3)c2[nH]ccc2n1. The van der Waals surface area contributed by atoms with Crippen LogP contribution in [-0.4, -0.2) is 66.0 Å². The van der Waals surface area contributed by atoms with Crippen LogP contribution in [0.25, 0.3) is 11.0 Å². The van der Waals surface area contributed by atoms with E-state index in [0.29, 0.717) is 46.3 Å². The third kappa shape index (κ3) is 4.11. The fourth-order valence-electron chi connectivity index (χ4n) is 4.88. The number of H-pyrrole nitrogens is 1. The molecule has 2 aliphatic rings. The number of likely N-dealkylation sites (N-methyl/N-ethyl adjacent to an activating group) is 1. The normalized spacial score (nSPS) is 15.8. The third-order valence-corrected chi connectivity index (χ3v) is 6.89. The van der Waals surface area contributed by atoms with Crippen LogP contribution in [0.1, 0.15) is 22.3 Å². The number of nitrogens with zero attached hydrogens (tertiary/aromatic N) is 4. The number of Topliss-reactive ketones (excluding diaryl/α,β-unsaturated/α-hetero) is 1.